The van der Waals surface area contributed by atoms with Crippen LogP contribution in [0.5, 0.6) is 0 Å². The minimum atomic E-state index is -0.187. The number of hydrogen-bond acceptors (Lipinski definition) is 1. The average Bonchev–Trinajstić information content (AvgIpc) is 2.20. The monoisotopic (exact) mass is 258 g/mol. The molecular formula is C11H13BrFN. The first-order chi connectivity index (χ1) is 7.18. The molecule has 0 radical (unpaired) electrons. The van der Waals surface area contributed by atoms with Gasteiger partial charge >= 0.3 is 0 Å². The number of halogens is 2. The van der Waals surface area contributed by atoms with Crippen LogP contribution in [0.15, 0.2) is 22.7 Å². The smallest absolute Gasteiger partial charge is 0.147 e. The van der Waals surface area contributed by atoms with Crippen LogP contribution in [0.3, 0.4) is 0 Å². The molecule has 0 saturated carbocycles. The zero-order chi connectivity index (χ0) is 10.8. The van der Waals surface area contributed by atoms with E-state index in [1.54, 1.807) is 6.07 Å². The van der Waals surface area contributed by atoms with Crippen molar-refractivity contribution in [3.05, 3.63) is 28.5 Å². The Kier molecular flexibility index (Phi) is 2.68. The second-order valence-corrected chi connectivity index (χ2v) is 4.28. The fraction of sp³-hybridized carbons (Fsp3) is 0.455. The molecule has 0 unspecified atom stereocenters. The molecule has 76 valence electrons. The quantitative estimate of drug-likeness (QED) is 0.745. The molecule has 0 amide bonds. The maximum atomic E-state index is 13.6. The molecule has 1 aliphatic heterocycles. The molecule has 1 nitrogen and oxygen atoms in total. The first-order valence-electron chi connectivity index (χ1n) is 5.37. The Morgan fingerprint density at radius 3 is 2.71 bits per heavy atom. The highest BCUT2D eigenvalue weighted by atomic mass is 79.9. The highest BCUT2D eigenvalue weighted by Crippen LogP contribution is 2.30. The van der Waals surface area contributed by atoms with Gasteiger partial charge in [0.1, 0.15) is 5.82 Å². The molecule has 2 rings (SSSR count). The van der Waals surface area contributed by atoms with Gasteiger partial charge in [-0.3, -0.25) is 0 Å². The Hall–Kier alpha value is -0.570. The van der Waals surface area contributed by atoms with E-state index < -0.39 is 0 Å². The van der Waals surface area contributed by atoms with Gasteiger partial charge in [-0.25, -0.2) is 4.39 Å². The van der Waals surface area contributed by atoms with Gasteiger partial charge in [0.25, 0.3) is 0 Å². The van der Waals surface area contributed by atoms with Crippen molar-refractivity contribution in [1.82, 2.24) is 0 Å². The van der Waals surface area contributed by atoms with Gasteiger partial charge < -0.3 is 4.90 Å². The Balaban J connectivity index is 2.22. The molecule has 14 heavy (non-hydrogen) atoms. The lowest BCUT2D eigenvalue weighted by Gasteiger charge is -2.29. The molecular weight excluding hydrogens is 245 g/mol. The summed E-state index contributed by atoms with van der Waals surface area (Å²) in [5.41, 5.74) is 0.643. The van der Waals surface area contributed by atoms with Crippen molar-refractivity contribution in [2.24, 2.45) is 0 Å². The van der Waals surface area contributed by atoms with E-state index in [9.17, 15) is 4.39 Å². The van der Waals surface area contributed by atoms with Gasteiger partial charge in [0.05, 0.1) is 5.69 Å². The second-order valence-electron chi connectivity index (χ2n) is 3.42. The second kappa shape index (κ2) is 4.30. The van der Waals surface area contributed by atoms with Crippen molar-refractivity contribution in [1.29, 1.82) is 0 Å². The third-order valence-corrected chi connectivity index (χ3v) is 3.10. The van der Waals surface area contributed by atoms with Crippen LogP contribution in [0.4, 0.5) is 10.1 Å². The lowest BCUT2D eigenvalue weighted by molar-refractivity contribution is 0.556. The third kappa shape index (κ3) is 1.92. The van der Waals surface area contributed by atoms with Gasteiger partial charge in [-0.15, -0.1) is 0 Å². The van der Waals surface area contributed by atoms with Gasteiger partial charge in [0, 0.05) is 18.9 Å². The molecule has 1 fully saturated rings. The fourth-order valence-corrected chi connectivity index (χ4v) is 2.36. The highest BCUT2D eigenvalue weighted by molar-refractivity contribution is 9.10. The SMILES string of the molecule is [2H]C1CCN(c2c(F)cccc2Br)CC1. The molecule has 3 heteroatoms. The first kappa shape index (κ1) is 8.72. The van der Waals surface area contributed by atoms with Gasteiger partial charge in [-0.05, 0) is 47.3 Å². The Labute approximate surface area is 93.4 Å². The summed E-state index contributed by atoms with van der Waals surface area (Å²) in [5, 5.41) is 0. The van der Waals surface area contributed by atoms with Crippen LogP contribution in [0.2, 0.25) is 0 Å². The molecule has 0 bridgehead atoms. The van der Waals surface area contributed by atoms with Crippen molar-refractivity contribution in [3.8, 4) is 0 Å². The van der Waals surface area contributed by atoms with Gasteiger partial charge in [-0.2, -0.15) is 0 Å². The van der Waals surface area contributed by atoms with Crippen LogP contribution in [0, 0.1) is 5.82 Å². The molecule has 1 heterocycles. The van der Waals surface area contributed by atoms with Crippen molar-refractivity contribution in [2.45, 2.75) is 19.2 Å². The normalized spacial score (nSPS) is 19.6. The van der Waals surface area contributed by atoms with Crippen molar-refractivity contribution in [3.63, 3.8) is 0 Å². The van der Waals surface area contributed by atoms with Crippen molar-refractivity contribution < 1.29 is 5.76 Å². The van der Waals surface area contributed by atoms with E-state index in [2.05, 4.69) is 15.9 Å². The van der Waals surface area contributed by atoms with Crippen LogP contribution >= 0.6 is 15.9 Å². The van der Waals surface area contributed by atoms with Crippen LogP contribution in [0.1, 0.15) is 20.6 Å². The third-order valence-electron chi connectivity index (χ3n) is 2.46. The first-order valence-corrected chi connectivity index (χ1v) is 5.59. The minimum absolute atomic E-state index is 0.0202. The minimum Gasteiger partial charge on any atom is -0.368 e. The summed E-state index contributed by atoms with van der Waals surface area (Å²) in [5.74, 6) is -0.187. The van der Waals surface area contributed by atoms with E-state index in [1.807, 2.05) is 11.0 Å². The summed E-state index contributed by atoms with van der Waals surface area (Å²) in [7, 11) is 0. The van der Waals surface area contributed by atoms with E-state index in [-0.39, 0.29) is 12.2 Å². The van der Waals surface area contributed by atoms with E-state index in [0.29, 0.717) is 5.69 Å². The van der Waals surface area contributed by atoms with Crippen LogP contribution < -0.4 is 4.90 Å². The van der Waals surface area contributed by atoms with Gasteiger partial charge in [-0.1, -0.05) is 6.07 Å². The maximum Gasteiger partial charge on any atom is 0.147 e. The zero-order valence-electron chi connectivity index (χ0n) is 8.84. The number of rotatable bonds is 1. The number of anilines is 1. The number of hydrogen-bond donors (Lipinski definition) is 0. The number of nitrogens with zero attached hydrogens (tertiary/aromatic N) is 1. The van der Waals surface area contributed by atoms with Crippen molar-refractivity contribution in [2.75, 3.05) is 18.0 Å². The van der Waals surface area contributed by atoms with Crippen LogP contribution in [0.25, 0.3) is 0 Å². The number of benzene rings is 1. The molecule has 0 N–H and O–H groups in total. The number of piperidine rings is 1. The van der Waals surface area contributed by atoms with Gasteiger partial charge in [0.15, 0.2) is 0 Å². The molecule has 1 aromatic rings. The maximum absolute atomic E-state index is 13.6. The average molecular weight is 259 g/mol. The molecule has 1 aromatic carbocycles. The lowest BCUT2D eigenvalue weighted by Crippen LogP contribution is -2.30. The summed E-state index contributed by atoms with van der Waals surface area (Å²) in [6.07, 6.45) is 1.66. The summed E-state index contributed by atoms with van der Waals surface area (Å²) >= 11 is 3.37. The summed E-state index contributed by atoms with van der Waals surface area (Å²) < 4.78 is 22.0. The zero-order valence-corrected chi connectivity index (χ0v) is 9.43. The topological polar surface area (TPSA) is 3.24 Å². The highest BCUT2D eigenvalue weighted by Gasteiger charge is 2.16. The molecule has 0 spiro atoms. The van der Waals surface area contributed by atoms with E-state index in [4.69, 9.17) is 1.37 Å². The fourth-order valence-electron chi connectivity index (χ4n) is 1.77. The molecule has 0 aliphatic carbocycles. The molecule has 0 aromatic heterocycles. The largest absolute Gasteiger partial charge is 0.368 e. The summed E-state index contributed by atoms with van der Waals surface area (Å²) in [4.78, 5) is 2.02. The van der Waals surface area contributed by atoms with Crippen LogP contribution in [-0.2, 0) is 0 Å². The molecule has 1 aliphatic rings. The van der Waals surface area contributed by atoms with Crippen LogP contribution in [-0.4, -0.2) is 13.1 Å². The van der Waals surface area contributed by atoms with Gasteiger partial charge in [0.2, 0.25) is 0 Å². The predicted octanol–water partition coefficient (Wildman–Crippen LogP) is 3.58. The van der Waals surface area contributed by atoms with E-state index in [0.717, 1.165) is 30.4 Å². The van der Waals surface area contributed by atoms with Crippen molar-refractivity contribution >= 4 is 21.6 Å². The van der Waals surface area contributed by atoms with E-state index in [1.165, 1.54) is 6.07 Å². The summed E-state index contributed by atoms with van der Waals surface area (Å²) in [6.45, 7) is 1.54. The molecule has 0 atom stereocenters. The Bertz CT molecular complexity index is 330. The number of para-hydroxylation sites is 1. The Morgan fingerprint density at radius 2 is 2.07 bits per heavy atom. The molecule has 1 saturated heterocycles. The lowest BCUT2D eigenvalue weighted by atomic mass is 10.1. The van der Waals surface area contributed by atoms with E-state index >= 15 is 0 Å². The summed E-state index contributed by atoms with van der Waals surface area (Å²) in [6, 6.07) is 5.03. The predicted molar refractivity (Wildman–Crippen MR) is 60.2 cm³/mol. The standard InChI is InChI=1S/C11H13BrFN/c12-9-5-4-6-10(13)11(9)14-7-2-1-3-8-14/h4-6H,1-3,7-8H2/i1D. The Morgan fingerprint density at radius 1 is 1.36 bits per heavy atom.